The number of hydrogen-bond acceptors (Lipinski definition) is 3. The number of unbranched alkanes of at least 4 members (excludes halogenated alkanes) is 5. The number of rotatable bonds is 14. The lowest BCUT2D eigenvalue weighted by Crippen LogP contribution is -2.27. The molecule has 0 spiro atoms. The third-order valence-corrected chi connectivity index (χ3v) is 3.28. The molecule has 0 fully saturated rings. The molecule has 0 saturated heterocycles. The second-order valence-electron chi connectivity index (χ2n) is 5.03. The van der Waals surface area contributed by atoms with Gasteiger partial charge >= 0.3 is 0 Å². The summed E-state index contributed by atoms with van der Waals surface area (Å²) < 4.78 is 5.08. The van der Waals surface area contributed by atoms with Crippen LogP contribution in [0.2, 0.25) is 0 Å². The summed E-state index contributed by atoms with van der Waals surface area (Å²) in [6, 6.07) is 0. The van der Waals surface area contributed by atoms with Gasteiger partial charge in [-0.05, 0) is 51.7 Å². The van der Waals surface area contributed by atoms with E-state index >= 15 is 0 Å². The highest BCUT2D eigenvalue weighted by atomic mass is 16.5. The van der Waals surface area contributed by atoms with Gasteiger partial charge in [-0.2, -0.15) is 0 Å². The molecule has 3 heteroatoms. The maximum absolute atomic E-state index is 8.84. The first-order valence-electron chi connectivity index (χ1n) is 7.67. The third-order valence-electron chi connectivity index (χ3n) is 3.28. The predicted octanol–water partition coefficient (Wildman–Crippen LogP) is 3.07. The van der Waals surface area contributed by atoms with Gasteiger partial charge in [0.15, 0.2) is 0 Å². The van der Waals surface area contributed by atoms with Crippen LogP contribution in [0.1, 0.15) is 58.3 Å². The Labute approximate surface area is 114 Å². The van der Waals surface area contributed by atoms with Crippen LogP contribution in [0.3, 0.4) is 0 Å². The van der Waals surface area contributed by atoms with Gasteiger partial charge in [0.2, 0.25) is 0 Å². The van der Waals surface area contributed by atoms with Crippen LogP contribution in [-0.4, -0.2) is 50.0 Å². The average molecular weight is 259 g/mol. The lowest BCUT2D eigenvalue weighted by Gasteiger charge is -2.22. The van der Waals surface area contributed by atoms with E-state index in [-0.39, 0.29) is 0 Å². The van der Waals surface area contributed by atoms with Crippen molar-refractivity contribution in [1.29, 1.82) is 0 Å². The number of nitrogens with zero attached hydrogens (tertiary/aromatic N) is 1. The largest absolute Gasteiger partial charge is 0.396 e. The number of ether oxygens (including phenoxy) is 1. The van der Waals surface area contributed by atoms with Crippen molar-refractivity contribution in [3.63, 3.8) is 0 Å². The molecule has 0 bridgehead atoms. The fraction of sp³-hybridized carbons (Fsp3) is 1.00. The van der Waals surface area contributed by atoms with Crippen LogP contribution in [0.15, 0.2) is 0 Å². The molecule has 0 aromatic heterocycles. The average Bonchev–Trinajstić information content (AvgIpc) is 2.39. The molecule has 0 saturated carbocycles. The zero-order chi connectivity index (χ0) is 13.5. The van der Waals surface area contributed by atoms with Crippen molar-refractivity contribution < 1.29 is 9.84 Å². The zero-order valence-corrected chi connectivity index (χ0v) is 12.5. The van der Waals surface area contributed by atoms with Gasteiger partial charge in [-0.15, -0.1) is 0 Å². The van der Waals surface area contributed by atoms with Crippen molar-refractivity contribution in [3.8, 4) is 0 Å². The van der Waals surface area contributed by atoms with E-state index < -0.39 is 0 Å². The third kappa shape index (κ3) is 12.3. The van der Waals surface area contributed by atoms with Crippen molar-refractivity contribution >= 4 is 0 Å². The molecule has 0 atom stereocenters. The Bertz CT molecular complexity index is 141. The quantitative estimate of drug-likeness (QED) is 0.487. The van der Waals surface area contributed by atoms with Gasteiger partial charge in [0.1, 0.15) is 0 Å². The molecule has 1 N–H and O–H groups in total. The van der Waals surface area contributed by atoms with E-state index in [4.69, 9.17) is 9.84 Å². The molecular weight excluding hydrogens is 226 g/mol. The van der Waals surface area contributed by atoms with Gasteiger partial charge < -0.3 is 14.7 Å². The van der Waals surface area contributed by atoms with Crippen LogP contribution < -0.4 is 0 Å². The van der Waals surface area contributed by atoms with Crippen molar-refractivity contribution in [1.82, 2.24) is 4.90 Å². The summed E-state index contributed by atoms with van der Waals surface area (Å²) in [5.74, 6) is 0. The maximum Gasteiger partial charge on any atom is 0.0462 e. The molecular formula is C15H33NO2. The van der Waals surface area contributed by atoms with E-state index in [0.29, 0.717) is 6.61 Å². The normalized spacial score (nSPS) is 11.3. The van der Waals surface area contributed by atoms with Crippen LogP contribution in [0.5, 0.6) is 0 Å². The standard InChI is InChI=1S/C15H33NO2/c1-3-4-5-6-11-16(12-7-9-14-17)13-8-10-15-18-2/h17H,3-15H2,1-2H3. The second-order valence-corrected chi connectivity index (χ2v) is 5.03. The summed E-state index contributed by atoms with van der Waals surface area (Å²) in [7, 11) is 1.77. The monoisotopic (exact) mass is 259 g/mol. The SMILES string of the molecule is CCCCCCN(CCCCO)CCCCOC. The molecule has 3 nitrogen and oxygen atoms in total. The van der Waals surface area contributed by atoms with E-state index in [1.807, 2.05) is 0 Å². The van der Waals surface area contributed by atoms with Crippen molar-refractivity contribution in [2.24, 2.45) is 0 Å². The first-order valence-corrected chi connectivity index (χ1v) is 7.67. The number of methoxy groups -OCH3 is 1. The first kappa shape index (κ1) is 17.9. The molecule has 18 heavy (non-hydrogen) atoms. The highest BCUT2D eigenvalue weighted by Gasteiger charge is 2.04. The molecule has 0 aliphatic carbocycles. The summed E-state index contributed by atoms with van der Waals surface area (Å²) in [6.45, 7) is 7.00. The molecule has 0 heterocycles. The van der Waals surface area contributed by atoms with E-state index in [2.05, 4.69) is 11.8 Å². The summed E-state index contributed by atoms with van der Waals surface area (Å²) in [6.07, 6.45) is 9.76. The Hall–Kier alpha value is -0.120. The van der Waals surface area contributed by atoms with Crippen molar-refractivity contribution in [2.75, 3.05) is 40.0 Å². The summed E-state index contributed by atoms with van der Waals surface area (Å²) in [5.41, 5.74) is 0. The highest BCUT2D eigenvalue weighted by molar-refractivity contribution is 4.59. The van der Waals surface area contributed by atoms with E-state index in [1.54, 1.807) is 7.11 Å². The van der Waals surface area contributed by atoms with E-state index in [9.17, 15) is 0 Å². The molecule has 0 aliphatic heterocycles. The Morgan fingerprint density at radius 2 is 1.44 bits per heavy atom. The van der Waals surface area contributed by atoms with Crippen LogP contribution in [0, 0.1) is 0 Å². The van der Waals surface area contributed by atoms with Crippen LogP contribution >= 0.6 is 0 Å². The van der Waals surface area contributed by atoms with Gasteiger partial charge in [0.05, 0.1) is 0 Å². The Kier molecular flexibility index (Phi) is 14.8. The molecule has 0 aromatic rings. The van der Waals surface area contributed by atoms with E-state index in [0.717, 1.165) is 32.4 Å². The number of aliphatic hydroxyl groups excluding tert-OH is 1. The molecule has 0 rings (SSSR count). The van der Waals surface area contributed by atoms with Crippen LogP contribution in [-0.2, 0) is 4.74 Å². The number of aliphatic hydroxyl groups is 1. The lowest BCUT2D eigenvalue weighted by molar-refractivity contribution is 0.181. The maximum atomic E-state index is 8.84. The summed E-state index contributed by atoms with van der Waals surface area (Å²) >= 11 is 0. The Morgan fingerprint density at radius 1 is 0.833 bits per heavy atom. The molecule has 0 radical (unpaired) electrons. The topological polar surface area (TPSA) is 32.7 Å². The van der Waals surface area contributed by atoms with E-state index in [1.165, 1.54) is 45.2 Å². The molecule has 0 unspecified atom stereocenters. The Morgan fingerprint density at radius 3 is 2.00 bits per heavy atom. The minimum atomic E-state index is 0.327. The van der Waals surface area contributed by atoms with Gasteiger partial charge in [-0.1, -0.05) is 26.2 Å². The minimum Gasteiger partial charge on any atom is -0.396 e. The zero-order valence-electron chi connectivity index (χ0n) is 12.5. The van der Waals surface area contributed by atoms with Crippen molar-refractivity contribution in [3.05, 3.63) is 0 Å². The smallest absolute Gasteiger partial charge is 0.0462 e. The summed E-state index contributed by atoms with van der Waals surface area (Å²) in [5, 5.41) is 8.84. The highest BCUT2D eigenvalue weighted by Crippen LogP contribution is 2.05. The molecule has 110 valence electrons. The van der Waals surface area contributed by atoms with Gasteiger partial charge in [0.25, 0.3) is 0 Å². The first-order chi connectivity index (χ1) is 8.85. The van der Waals surface area contributed by atoms with Crippen LogP contribution in [0.4, 0.5) is 0 Å². The van der Waals surface area contributed by atoms with Crippen molar-refractivity contribution in [2.45, 2.75) is 58.3 Å². The van der Waals surface area contributed by atoms with Gasteiger partial charge in [-0.3, -0.25) is 0 Å². The summed E-state index contributed by atoms with van der Waals surface area (Å²) in [4.78, 5) is 2.56. The predicted molar refractivity (Wildman–Crippen MR) is 78.0 cm³/mol. The fourth-order valence-corrected chi connectivity index (χ4v) is 2.13. The molecule has 0 aliphatic rings. The Balaban J connectivity index is 3.62. The fourth-order valence-electron chi connectivity index (χ4n) is 2.13. The molecule has 0 aromatic carbocycles. The second kappa shape index (κ2) is 14.9. The van der Waals surface area contributed by atoms with Gasteiger partial charge in [-0.25, -0.2) is 0 Å². The lowest BCUT2D eigenvalue weighted by atomic mass is 10.2. The number of hydrogen-bond donors (Lipinski definition) is 1. The minimum absolute atomic E-state index is 0.327. The molecule has 0 amide bonds. The van der Waals surface area contributed by atoms with Crippen LogP contribution in [0.25, 0.3) is 0 Å². The van der Waals surface area contributed by atoms with Gasteiger partial charge in [0, 0.05) is 20.3 Å².